The van der Waals surface area contributed by atoms with Crippen LogP contribution in [0.4, 0.5) is 11.4 Å². The highest BCUT2D eigenvalue weighted by atomic mass is 16.5. The minimum atomic E-state index is -0.160. The van der Waals surface area contributed by atoms with Crippen molar-refractivity contribution >= 4 is 28.2 Å². The van der Waals surface area contributed by atoms with E-state index in [1.54, 1.807) is 6.20 Å². The summed E-state index contributed by atoms with van der Waals surface area (Å²) in [5, 5.41) is 7.05. The lowest BCUT2D eigenvalue weighted by Crippen LogP contribution is -2.22. The molecule has 0 bridgehead atoms. The Hall–Kier alpha value is -3.86. The monoisotopic (exact) mass is 369 g/mol. The fourth-order valence-corrected chi connectivity index (χ4v) is 2.89. The van der Waals surface area contributed by atoms with Crippen molar-refractivity contribution in [3.8, 4) is 11.5 Å². The van der Waals surface area contributed by atoms with Gasteiger partial charge >= 0.3 is 0 Å². The number of hydrogen-bond donors (Lipinski definition) is 2. The molecule has 1 heterocycles. The Bertz CT molecular complexity index is 1090. The van der Waals surface area contributed by atoms with Gasteiger partial charge in [-0.3, -0.25) is 9.78 Å². The Morgan fingerprint density at radius 3 is 2.46 bits per heavy atom. The highest BCUT2D eigenvalue weighted by Crippen LogP contribution is 2.29. The molecule has 3 aromatic carbocycles. The third-order valence-corrected chi connectivity index (χ3v) is 4.20. The smallest absolute Gasteiger partial charge is 0.243 e. The molecule has 28 heavy (non-hydrogen) atoms. The second-order valence-electron chi connectivity index (χ2n) is 6.19. The van der Waals surface area contributed by atoms with Gasteiger partial charge in [-0.1, -0.05) is 48.5 Å². The van der Waals surface area contributed by atoms with Crippen molar-refractivity contribution in [2.75, 3.05) is 17.2 Å². The van der Waals surface area contributed by atoms with Crippen LogP contribution in [0.15, 0.2) is 91.1 Å². The molecule has 0 aliphatic carbocycles. The van der Waals surface area contributed by atoms with Crippen molar-refractivity contribution < 1.29 is 9.53 Å². The van der Waals surface area contributed by atoms with E-state index in [1.807, 2.05) is 84.9 Å². The van der Waals surface area contributed by atoms with Gasteiger partial charge in [0.25, 0.3) is 0 Å². The van der Waals surface area contributed by atoms with Crippen LogP contribution in [0.3, 0.4) is 0 Å². The summed E-state index contributed by atoms with van der Waals surface area (Å²) in [7, 11) is 0. The van der Waals surface area contributed by atoms with Crippen LogP contribution < -0.4 is 15.4 Å². The van der Waals surface area contributed by atoms with Crippen molar-refractivity contribution in [3.05, 3.63) is 91.1 Å². The Kier molecular flexibility index (Phi) is 5.15. The Morgan fingerprint density at radius 2 is 1.57 bits per heavy atom. The van der Waals surface area contributed by atoms with Gasteiger partial charge in [-0.05, 0) is 36.4 Å². The molecule has 0 atom stereocenters. The number of nitrogens with one attached hydrogen (secondary N) is 2. The normalized spacial score (nSPS) is 10.4. The molecule has 0 fully saturated rings. The number of ether oxygens (including phenoxy) is 1. The summed E-state index contributed by atoms with van der Waals surface area (Å²) in [6.45, 7) is 0.110. The van der Waals surface area contributed by atoms with Crippen LogP contribution >= 0.6 is 0 Å². The van der Waals surface area contributed by atoms with E-state index in [0.29, 0.717) is 11.4 Å². The van der Waals surface area contributed by atoms with Crippen molar-refractivity contribution in [2.45, 2.75) is 0 Å². The van der Waals surface area contributed by atoms with Gasteiger partial charge < -0.3 is 15.4 Å². The fraction of sp³-hybridized carbons (Fsp3) is 0.0435. The molecule has 5 heteroatoms. The van der Waals surface area contributed by atoms with E-state index in [4.69, 9.17) is 4.74 Å². The molecular weight excluding hydrogens is 350 g/mol. The van der Waals surface area contributed by atoms with E-state index in [-0.39, 0.29) is 12.5 Å². The first-order valence-electron chi connectivity index (χ1n) is 8.99. The van der Waals surface area contributed by atoms with Gasteiger partial charge in [0.1, 0.15) is 5.75 Å². The number of amides is 1. The first-order valence-corrected chi connectivity index (χ1v) is 8.99. The molecule has 4 rings (SSSR count). The van der Waals surface area contributed by atoms with E-state index in [2.05, 4.69) is 15.6 Å². The van der Waals surface area contributed by atoms with Crippen LogP contribution in [0.2, 0.25) is 0 Å². The summed E-state index contributed by atoms with van der Waals surface area (Å²) < 4.78 is 5.91. The minimum absolute atomic E-state index is 0.110. The molecule has 5 nitrogen and oxygen atoms in total. The number of rotatable bonds is 6. The molecule has 0 saturated carbocycles. The lowest BCUT2D eigenvalue weighted by molar-refractivity contribution is -0.114. The average molecular weight is 369 g/mol. The second-order valence-corrected chi connectivity index (χ2v) is 6.19. The molecule has 1 amide bonds. The fourth-order valence-electron chi connectivity index (χ4n) is 2.89. The van der Waals surface area contributed by atoms with Crippen LogP contribution in [0.25, 0.3) is 10.9 Å². The Morgan fingerprint density at radius 1 is 0.821 bits per heavy atom. The summed E-state index contributed by atoms with van der Waals surface area (Å²) in [5.41, 5.74) is 2.21. The van der Waals surface area contributed by atoms with Gasteiger partial charge in [-0.15, -0.1) is 0 Å². The van der Waals surface area contributed by atoms with Crippen molar-refractivity contribution in [1.29, 1.82) is 0 Å². The van der Waals surface area contributed by atoms with Crippen LogP contribution in [-0.2, 0) is 4.79 Å². The van der Waals surface area contributed by atoms with Gasteiger partial charge in [0.05, 0.1) is 23.4 Å². The van der Waals surface area contributed by atoms with E-state index < -0.39 is 0 Å². The molecule has 0 spiro atoms. The number of benzene rings is 3. The molecular formula is C23H19N3O2. The highest BCUT2D eigenvalue weighted by molar-refractivity contribution is 6.01. The largest absolute Gasteiger partial charge is 0.455 e. The number of pyridine rings is 1. The molecule has 0 unspecified atom stereocenters. The number of anilines is 2. The molecule has 4 aromatic rings. The van der Waals surface area contributed by atoms with E-state index in [1.165, 1.54) is 0 Å². The van der Waals surface area contributed by atoms with E-state index in [9.17, 15) is 4.79 Å². The first kappa shape index (κ1) is 17.5. The second kappa shape index (κ2) is 8.22. The Balaban J connectivity index is 1.44. The molecule has 0 aliphatic heterocycles. The maximum atomic E-state index is 12.5. The first-order chi connectivity index (χ1) is 13.8. The maximum absolute atomic E-state index is 12.5. The molecule has 138 valence electrons. The Labute approximate surface area is 163 Å². The standard InChI is InChI=1S/C23H19N3O2/c27-22(26-20-13-6-8-17-9-7-15-24-23(17)20)16-25-19-12-4-5-14-21(19)28-18-10-2-1-3-11-18/h1-15,25H,16H2,(H,26,27). The van der Waals surface area contributed by atoms with Crippen LogP contribution in [0, 0.1) is 0 Å². The summed E-state index contributed by atoms with van der Waals surface area (Å²) in [6, 6.07) is 26.6. The zero-order valence-electron chi connectivity index (χ0n) is 15.1. The van der Waals surface area contributed by atoms with Gasteiger partial charge in [0.2, 0.25) is 5.91 Å². The summed E-state index contributed by atoms with van der Waals surface area (Å²) in [6.07, 6.45) is 1.72. The number of hydrogen-bond acceptors (Lipinski definition) is 4. The third kappa shape index (κ3) is 4.10. The quantitative estimate of drug-likeness (QED) is 0.498. The lowest BCUT2D eigenvalue weighted by Gasteiger charge is -2.13. The van der Waals surface area contributed by atoms with E-state index >= 15 is 0 Å². The predicted octanol–water partition coefficient (Wildman–Crippen LogP) is 5.08. The van der Waals surface area contributed by atoms with Crippen molar-refractivity contribution in [2.24, 2.45) is 0 Å². The predicted molar refractivity (Wildman–Crippen MR) is 112 cm³/mol. The third-order valence-electron chi connectivity index (χ3n) is 4.20. The lowest BCUT2D eigenvalue weighted by atomic mass is 10.2. The van der Waals surface area contributed by atoms with Crippen LogP contribution in [0.5, 0.6) is 11.5 Å². The van der Waals surface area contributed by atoms with Crippen molar-refractivity contribution in [1.82, 2.24) is 4.98 Å². The molecule has 0 radical (unpaired) electrons. The summed E-state index contributed by atoms with van der Waals surface area (Å²) >= 11 is 0. The van der Waals surface area contributed by atoms with Gasteiger partial charge in [0.15, 0.2) is 5.75 Å². The summed E-state index contributed by atoms with van der Waals surface area (Å²) in [5.74, 6) is 1.24. The minimum Gasteiger partial charge on any atom is -0.455 e. The highest BCUT2D eigenvalue weighted by Gasteiger charge is 2.09. The van der Waals surface area contributed by atoms with E-state index in [0.717, 1.165) is 22.3 Å². The summed E-state index contributed by atoms with van der Waals surface area (Å²) in [4.78, 5) is 16.8. The molecule has 0 aliphatic rings. The zero-order valence-corrected chi connectivity index (χ0v) is 15.1. The van der Waals surface area contributed by atoms with Crippen LogP contribution in [0.1, 0.15) is 0 Å². The maximum Gasteiger partial charge on any atom is 0.243 e. The zero-order chi connectivity index (χ0) is 19.2. The van der Waals surface area contributed by atoms with Crippen LogP contribution in [-0.4, -0.2) is 17.4 Å². The van der Waals surface area contributed by atoms with Gasteiger partial charge in [0, 0.05) is 11.6 Å². The number of nitrogens with zero attached hydrogens (tertiary/aromatic N) is 1. The topological polar surface area (TPSA) is 63.2 Å². The van der Waals surface area contributed by atoms with Gasteiger partial charge in [-0.25, -0.2) is 0 Å². The number of carbonyl (C=O) groups is 1. The molecule has 0 saturated heterocycles. The van der Waals surface area contributed by atoms with Crippen molar-refractivity contribution in [3.63, 3.8) is 0 Å². The molecule has 2 N–H and O–H groups in total. The molecule has 1 aromatic heterocycles. The average Bonchev–Trinajstić information content (AvgIpc) is 2.74. The number of para-hydroxylation sites is 4. The number of fused-ring (bicyclic) bond motifs is 1. The van der Waals surface area contributed by atoms with Gasteiger partial charge in [-0.2, -0.15) is 0 Å². The number of aromatic nitrogens is 1. The SMILES string of the molecule is O=C(CNc1ccccc1Oc1ccccc1)Nc1cccc2cccnc12. The number of carbonyl (C=O) groups excluding carboxylic acids is 1.